The van der Waals surface area contributed by atoms with Gasteiger partial charge in [-0.15, -0.1) is 10.2 Å². The first kappa shape index (κ1) is 17.0. The monoisotopic (exact) mass is 358 g/mol. The molecule has 0 fully saturated rings. The third kappa shape index (κ3) is 4.36. The van der Waals surface area contributed by atoms with E-state index >= 15 is 0 Å². The van der Waals surface area contributed by atoms with Gasteiger partial charge in [0.05, 0.1) is 5.02 Å². The normalized spacial score (nSPS) is 11.8. The molecule has 6 nitrogen and oxygen atoms in total. The van der Waals surface area contributed by atoms with Crippen LogP contribution in [0.25, 0.3) is 11.5 Å². The molecule has 25 heavy (non-hydrogen) atoms. The Morgan fingerprint density at radius 1 is 1.12 bits per heavy atom. The molecule has 0 aliphatic rings. The highest BCUT2D eigenvalue weighted by Gasteiger charge is 2.19. The van der Waals surface area contributed by atoms with E-state index in [4.69, 9.17) is 25.5 Å². The van der Waals surface area contributed by atoms with Crippen LogP contribution in [0.4, 0.5) is 0 Å². The second-order valence-corrected chi connectivity index (χ2v) is 5.57. The molecule has 0 amide bonds. The van der Waals surface area contributed by atoms with E-state index in [1.165, 1.54) is 0 Å². The maximum absolute atomic E-state index is 11.9. The molecule has 0 aliphatic carbocycles. The first-order valence-electron chi connectivity index (χ1n) is 7.59. The molecule has 0 unspecified atom stereocenters. The summed E-state index contributed by atoms with van der Waals surface area (Å²) in [6, 6.07) is 16.2. The third-order valence-corrected chi connectivity index (χ3v) is 3.61. The minimum absolute atomic E-state index is 0.213. The molecule has 1 aromatic heterocycles. The summed E-state index contributed by atoms with van der Waals surface area (Å²) in [6.45, 7) is 1.38. The molecule has 2 aromatic carbocycles. The summed E-state index contributed by atoms with van der Waals surface area (Å²) < 4.78 is 16.1. The summed E-state index contributed by atoms with van der Waals surface area (Å²) in [5.74, 6) is 0.431. The lowest BCUT2D eigenvalue weighted by Gasteiger charge is -2.11. The quantitative estimate of drug-likeness (QED) is 0.618. The zero-order valence-corrected chi connectivity index (χ0v) is 14.1. The minimum Gasteiger partial charge on any atom is -0.480 e. The van der Waals surface area contributed by atoms with Crippen LogP contribution in [0.1, 0.15) is 18.9 Å². The Bertz CT molecular complexity index is 851. The van der Waals surface area contributed by atoms with Crippen LogP contribution in [0.5, 0.6) is 5.75 Å². The molecular formula is C18H15ClN2O4. The van der Waals surface area contributed by atoms with Gasteiger partial charge in [0.25, 0.3) is 5.89 Å². The van der Waals surface area contributed by atoms with Crippen molar-refractivity contribution in [2.45, 2.75) is 13.0 Å². The van der Waals surface area contributed by atoms with Gasteiger partial charge in [-0.2, -0.15) is 0 Å². The summed E-state index contributed by atoms with van der Waals surface area (Å²) in [4.78, 5) is 11.9. The molecule has 0 saturated carbocycles. The zero-order valence-electron chi connectivity index (χ0n) is 13.4. The van der Waals surface area contributed by atoms with Crippen LogP contribution in [0.15, 0.2) is 59.0 Å². The van der Waals surface area contributed by atoms with Crippen LogP contribution in [0.2, 0.25) is 5.02 Å². The highest BCUT2D eigenvalue weighted by molar-refractivity contribution is 6.32. The van der Waals surface area contributed by atoms with Gasteiger partial charge in [0.2, 0.25) is 5.89 Å². The van der Waals surface area contributed by atoms with E-state index in [1.807, 2.05) is 30.3 Å². The molecule has 0 bridgehead atoms. The van der Waals surface area contributed by atoms with Crippen LogP contribution in [-0.2, 0) is 9.53 Å². The summed E-state index contributed by atoms with van der Waals surface area (Å²) in [5.41, 5.74) is 0.793. The maximum Gasteiger partial charge on any atom is 0.344 e. The van der Waals surface area contributed by atoms with Gasteiger partial charge in [-0.1, -0.05) is 41.9 Å². The molecule has 0 aliphatic heterocycles. The van der Waals surface area contributed by atoms with E-state index < -0.39 is 12.1 Å². The highest BCUT2D eigenvalue weighted by Crippen LogP contribution is 2.24. The van der Waals surface area contributed by atoms with Crippen LogP contribution >= 0.6 is 11.6 Å². The van der Waals surface area contributed by atoms with Crippen molar-refractivity contribution < 1.29 is 18.7 Å². The van der Waals surface area contributed by atoms with Crippen molar-refractivity contribution in [1.29, 1.82) is 0 Å². The number of esters is 1. The van der Waals surface area contributed by atoms with E-state index in [2.05, 4.69) is 10.2 Å². The predicted octanol–water partition coefficient (Wildman–Crippen LogP) is 4.07. The van der Waals surface area contributed by atoms with Crippen LogP contribution in [-0.4, -0.2) is 22.8 Å². The lowest BCUT2D eigenvalue weighted by atomic mass is 10.2. The first-order chi connectivity index (χ1) is 12.1. The van der Waals surface area contributed by atoms with Crippen LogP contribution in [0.3, 0.4) is 0 Å². The number of halogens is 1. The summed E-state index contributed by atoms with van der Waals surface area (Å²) in [5, 5.41) is 8.31. The highest BCUT2D eigenvalue weighted by atomic mass is 35.5. The Kier molecular flexibility index (Phi) is 5.30. The van der Waals surface area contributed by atoms with Crippen LogP contribution in [0, 0.1) is 0 Å². The number of hydrogen-bond acceptors (Lipinski definition) is 6. The molecular weight excluding hydrogens is 344 g/mol. The lowest BCUT2D eigenvalue weighted by Crippen LogP contribution is -2.17. The zero-order chi connectivity index (χ0) is 17.6. The fourth-order valence-electron chi connectivity index (χ4n) is 2.08. The van der Waals surface area contributed by atoms with Gasteiger partial charge in [0, 0.05) is 5.56 Å². The number of hydrogen-bond donors (Lipinski definition) is 0. The molecule has 3 aromatic rings. The van der Waals surface area contributed by atoms with E-state index in [0.717, 1.165) is 5.56 Å². The molecule has 0 spiro atoms. The number of nitrogens with zero attached hydrogens (tertiary/aromatic N) is 2. The number of ether oxygens (including phenoxy) is 2. The smallest absolute Gasteiger partial charge is 0.344 e. The van der Waals surface area contributed by atoms with E-state index in [1.54, 1.807) is 31.2 Å². The van der Waals surface area contributed by atoms with Gasteiger partial charge >= 0.3 is 5.97 Å². The molecule has 3 rings (SSSR count). The number of para-hydroxylation sites is 1. The Balaban J connectivity index is 1.57. The average molecular weight is 359 g/mol. The van der Waals surface area contributed by atoms with E-state index in [-0.39, 0.29) is 12.5 Å². The van der Waals surface area contributed by atoms with Crippen molar-refractivity contribution in [3.63, 3.8) is 0 Å². The summed E-state index contributed by atoms with van der Waals surface area (Å²) in [6.07, 6.45) is -0.688. The van der Waals surface area contributed by atoms with Crippen molar-refractivity contribution in [3.8, 4) is 17.2 Å². The molecule has 128 valence electrons. The molecule has 1 atom stereocenters. The fraction of sp³-hybridized carbons (Fsp3) is 0.167. The van der Waals surface area contributed by atoms with Crippen LogP contribution < -0.4 is 4.74 Å². The van der Waals surface area contributed by atoms with Gasteiger partial charge in [-0.05, 0) is 31.2 Å². The van der Waals surface area contributed by atoms with Gasteiger partial charge in [0.1, 0.15) is 5.75 Å². The summed E-state index contributed by atoms with van der Waals surface area (Å²) >= 11 is 5.96. The van der Waals surface area contributed by atoms with Gasteiger partial charge < -0.3 is 13.9 Å². The summed E-state index contributed by atoms with van der Waals surface area (Å²) in [7, 11) is 0. The van der Waals surface area contributed by atoms with Gasteiger partial charge in [-0.3, -0.25) is 0 Å². The van der Waals surface area contributed by atoms with Crippen molar-refractivity contribution in [2.24, 2.45) is 0 Å². The minimum atomic E-state index is -0.688. The van der Waals surface area contributed by atoms with Gasteiger partial charge in [-0.25, -0.2) is 4.79 Å². The number of aromatic nitrogens is 2. The maximum atomic E-state index is 11.9. The van der Waals surface area contributed by atoms with Gasteiger partial charge in [0.15, 0.2) is 12.7 Å². The topological polar surface area (TPSA) is 74.5 Å². The Morgan fingerprint density at radius 3 is 2.60 bits per heavy atom. The molecule has 7 heteroatoms. The Hall–Kier alpha value is -2.86. The molecule has 0 N–H and O–H groups in total. The largest absolute Gasteiger partial charge is 0.480 e. The molecule has 1 heterocycles. The van der Waals surface area contributed by atoms with Crippen molar-refractivity contribution >= 4 is 17.6 Å². The van der Waals surface area contributed by atoms with E-state index in [0.29, 0.717) is 16.7 Å². The number of rotatable bonds is 6. The molecule has 0 saturated heterocycles. The SMILES string of the molecule is C[C@@H](OC(=O)COc1ccccc1Cl)c1nnc(-c2ccccc2)o1. The average Bonchev–Trinajstić information content (AvgIpc) is 3.12. The first-order valence-corrected chi connectivity index (χ1v) is 7.97. The number of benzene rings is 2. The standard InChI is InChI=1S/C18H15ClN2O4/c1-12(17-20-21-18(25-17)13-7-3-2-4-8-13)24-16(22)11-23-15-10-6-5-9-14(15)19/h2-10,12H,11H2,1H3/t12-/m1/s1. The van der Waals surface area contributed by atoms with Crippen molar-refractivity contribution in [2.75, 3.05) is 6.61 Å². The second-order valence-electron chi connectivity index (χ2n) is 5.16. The Labute approximate surface area is 149 Å². The fourth-order valence-corrected chi connectivity index (χ4v) is 2.27. The van der Waals surface area contributed by atoms with Crippen molar-refractivity contribution in [3.05, 3.63) is 65.5 Å². The third-order valence-electron chi connectivity index (χ3n) is 3.30. The lowest BCUT2D eigenvalue weighted by molar-refractivity contribution is -0.152. The Morgan fingerprint density at radius 2 is 1.84 bits per heavy atom. The number of carbonyl (C=O) groups excluding carboxylic acids is 1. The van der Waals surface area contributed by atoms with E-state index in [9.17, 15) is 4.79 Å². The van der Waals surface area contributed by atoms with Crippen molar-refractivity contribution in [1.82, 2.24) is 10.2 Å². The molecule has 0 radical (unpaired) electrons. The predicted molar refractivity (Wildman–Crippen MR) is 91.2 cm³/mol. The second kappa shape index (κ2) is 7.81. The number of carbonyl (C=O) groups is 1.